The van der Waals surface area contributed by atoms with Crippen LogP contribution < -0.4 is 11.1 Å². The van der Waals surface area contributed by atoms with Crippen molar-refractivity contribution >= 4 is 28.9 Å². The number of benzene rings is 1. The van der Waals surface area contributed by atoms with Crippen LogP contribution in [-0.4, -0.2) is 6.54 Å². The van der Waals surface area contributed by atoms with E-state index in [9.17, 15) is 0 Å². The number of nitrogens with two attached hydrogens (primary N) is 1. The summed E-state index contributed by atoms with van der Waals surface area (Å²) in [6, 6.07) is 3.65. The first kappa shape index (κ1) is 10.6. The normalized spacial score (nSPS) is 10.4. The van der Waals surface area contributed by atoms with Crippen molar-refractivity contribution < 1.29 is 0 Å². The molecule has 0 saturated heterocycles. The van der Waals surface area contributed by atoms with Gasteiger partial charge in [0.15, 0.2) is 0 Å². The molecule has 0 aliphatic heterocycles. The third-order valence-electron chi connectivity index (χ3n) is 1.72. The van der Waals surface area contributed by atoms with Crippen molar-refractivity contribution in [3.63, 3.8) is 0 Å². The lowest BCUT2D eigenvalue weighted by Crippen LogP contribution is -2.11. The van der Waals surface area contributed by atoms with Crippen LogP contribution in [0.2, 0.25) is 10.0 Å². The zero-order valence-corrected chi connectivity index (χ0v) is 8.91. The van der Waals surface area contributed by atoms with Crippen molar-refractivity contribution in [2.24, 2.45) is 0 Å². The molecule has 0 aromatic heterocycles. The van der Waals surface area contributed by atoms with Gasteiger partial charge in [-0.25, -0.2) is 0 Å². The quantitative estimate of drug-likeness (QED) is 0.767. The molecule has 0 unspecified atom stereocenters. The number of hydrogen-bond acceptors (Lipinski definition) is 2. The largest absolute Gasteiger partial charge is 0.396 e. The summed E-state index contributed by atoms with van der Waals surface area (Å²) < 4.78 is 0. The fourth-order valence-electron chi connectivity index (χ4n) is 1.01. The number of halogens is 2. The van der Waals surface area contributed by atoms with Gasteiger partial charge in [-0.2, -0.15) is 0 Å². The Balaban J connectivity index is 2.86. The van der Waals surface area contributed by atoms with Crippen LogP contribution in [0.3, 0.4) is 0 Å². The van der Waals surface area contributed by atoms with E-state index in [1.165, 1.54) is 0 Å². The monoisotopic (exact) mass is 218 g/mol. The molecule has 0 radical (unpaired) electrons. The molecule has 0 fully saturated rings. The van der Waals surface area contributed by atoms with E-state index in [0.29, 0.717) is 15.7 Å². The fourth-order valence-corrected chi connectivity index (χ4v) is 1.54. The van der Waals surface area contributed by atoms with Gasteiger partial charge in [0.05, 0.1) is 15.7 Å². The molecule has 0 aliphatic carbocycles. The zero-order chi connectivity index (χ0) is 9.84. The van der Waals surface area contributed by atoms with Crippen LogP contribution in [0, 0.1) is 0 Å². The highest BCUT2D eigenvalue weighted by Crippen LogP contribution is 2.28. The molecule has 4 heteroatoms. The molecule has 0 bridgehead atoms. The second kappa shape index (κ2) is 4.70. The molecule has 2 nitrogen and oxygen atoms in total. The Labute approximate surface area is 88.0 Å². The number of hydrogen-bond donors (Lipinski definition) is 2. The van der Waals surface area contributed by atoms with Crippen LogP contribution in [-0.2, 0) is 6.54 Å². The van der Waals surface area contributed by atoms with Gasteiger partial charge in [-0.3, -0.25) is 0 Å². The maximum absolute atomic E-state index is 5.86. The van der Waals surface area contributed by atoms with Crippen LogP contribution in [0.25, 0.3) is 0 Å². The Bertz CT molecular complexity index is 277. The number of nitrogen functional groups attached to an aromatic ring is 1. The highest BCUT2D eigenvalue weighted by atomic mass is 35.5. The fraction of sp³-hybridized carbons (Fsp3) is 0.333. The van der Waals surface area contributed by atoms with E-state index in [4.69, 9.17) is 28.9 Å². The Morgan fingerprint density at radius 3 is 2.31 bits per heavy atom. The summed E-state index contributed by atoms with van der Waals surface area (Å²) in [6.45, 7) is 3.72. The van der Waals surface area contributed by atoms with E-state index in [0.717, 1.165) is 18.7 Å². The predicted octanol–water partition coefficient (Wildman–Crippen LogP) is 2.69. The van der Waals surface area contributed by atoms with Crippen molar-refractivity contribution in [1.82, 2.24) is 5.32 Å². The van der Waals surface area contributed by atoms with Crippen LogP contribution in [0.15, 0.2) is 12.1 Å². The number of rotatable bonds is 3. The van der Waals surface area contributed by atoms with Gasteiger partial charge < -0.3 is 11.1 Å². The van der Waals surface area contributed by atoms with Crippen LogP contribution in [0.5, 0.6) is 0 Å². The summed E-state index contributed by atoms with van der Waals surface area (Å²) in [7, 11) is 0. The molecule has 0 aliphatic rings. The van der Waals surface area contributed by atoms with E-state index in [2.05, 4.69) is 5.32 Å². The highest BCUT2D eigenvalue weighted by Gasteiger charge is 2.03. The molecule has 0 heterocycles. The average Bonchev–Trinajstić information content (AvgIpc) is 2.10. The summed E-state index contributed by atoms with van der Waals surface area (Å²) in [5.74, 6) is 0. The topological polar surface area (TPSA) is 38.0 Å². The van der Waals surface area contributed by atoms with Gasteiger partial charge in [0.2, 0.25) is 0 Å². The molecule has 72 valence electrons. The Kier molecular flexibility index (Phi) is 3.85. The maximum Gasteiger partial charge on any atom is 0.0693 e. The lowest BCUT2D eigenvalue weighted by Gasteiger charge is -2.06. The minimum atomic E-state index is 0.448. The average molecular weight is 219 g/mol. The summed E-state index contributed by atoms with van der Waals surface area (Å²) in [5.41, 5.74) is 7.09. The van der Waals surface area contributed by atoms with Crippen molar-refractivity contribution in [1.29, 1.82) is 0 Å². The smallest absolute Gasteiger partial charge is 0.0693 e. The lowest BCUT2D eigenvalue weighted by atomic mass is 10.2. The lowest BCUT2D eigenvalue weighted by molar-refractivity contribution is 0.727. The minimum absolute atomic E-state index is 0.448. The third kappa shape index (κ3) is 2.76. The molecule has 0 saturated carbocycles. The van der Waals surface area contributed by atoms with Gasteiger partial charge in [-0.1, -0.05) is 30.1 Å². The summed E-state index contributed by atoms with van der Waals surface area (Å²) >= 11 is 11.7. The first-order valence-electron chi connectivity index (χ1n) is 4.09. The highest BCUT2D eigenvalue weighted by molar-refractivity contribution is 6.38. The second-order valence-corrected chi connectivity index (χ2v) is 3.57. The van der Waals surface area contributed by atoms with Gasteiger partial charge in [0.1, 0.15) is 0 Å². The molecule has 0 spiro atoms. The Morgan fingerprint density at radius 1 is 1.31 bits per heavy atom. The summed E-state index contributed by atoms with van der Waals surface area (Å²) in [6.07, 6.45) is 0. The SMILES string of the molecule is CCNCc1cc(Cl)c(N)c(Cl)c1. The molecule has 0 amide bonds. The zero-order valence-electron chi connectivity index (χ0n) is 7.40. The standard InChI is InChI=1S/C9H12Cl2N2/c1-2-13-5-6-3-7(10)9(12)8(11)4-6/h3-4,13H,2,5,12H2,1H3. The minimum Gasteiger partial charge on any atom is -0.396 e. The number of anilines is 1. The Hall–Kier alpha value is -0.440. The maximum atomic E-state index is 5.86. The molecular formula is C9H12Cl2N2. The van der Waals surface area contributed by atoms with Crippen molar-refractivity contribution in [2.75, 3.05) is 12.3 Å². The Morgan fingerprint density at radius 2 is 1.85 bits per heavy atom. The first-order valence-corrected chi connectivity index (χ1v) is 4.85. The molecular weight excluding hydrogens is 207 g/mol. The van der Waals surface area contributed by atoms with E-state index < -0.39 is 0 Å². The van der Waals surface area contributed by atoms with Crippen molar-refractivity contribution in [2.45, 2.75) is 13.5 Å². The van der Waals surface area contributed by atoms with Crippen molar-refractivity contribution in [3.8, 4) is 0 Å². The van der Waals surface area contributed by atoms with Crippen LogP contribution >= 0.6 is 23.2 Å². The third-order valence-corrected chi connectivity index (χ3v) is 2.34. The molecule has 1 aromatic carbocycles. The summed E-state index contributed by atoms with van der Waals surface area (Å²) in [4.78, 5) is 0. The van der Waals surface area contributed by atoms with Gasteiger partial charge in [0, 0.05) is 6.54 Å². The molecule has 1 aromatic rings. The van der Waals surface area contributed by atoms with Gasteiger partial charge in [-0.05, 0) is 24.2 Å². The van der Waals surface area contributed by atoms with E-state index >= 15 is 0 Å². The predicted molar refractivity (Wildman–Crippen MR) is 58.3 cm³/mol. The van der Waals surface area contributed by atoms with E-state index in [-0.39, 0.29) is 0 Å². The van der Waals surface area contributed by atoms with Gasteiger partial charge in [-0.15, -0.1) is 0 Å². The molecule has 1 rings (SSSR count). The van der Waals surface area contributed by atoms with Gasteiger partial charge in [0.25, 0.3) is 0 Å². The molecule has 13 heavy (non-hydrogen) atoms. The second-order valence-electron chi connectivity index (χ2n) is 2.75. The van der Waals surface area contributed by atoms with Crippen LogP contribution in [0.4, 0.5) is 5.69 Å². The summed E-state index contributed by atoms with van der Waals surface area (Å²) in [5, 5.41) is 4.21. The number of nitrogens with one attached hydrogen (secondary N) is 1. The first-order chi connectivity index (χ1) is 6.15. The van der Waals surface area contributed by atoms with Crippen LogP contribution in [0.1, 0.15) is 12.5 Å². The van der Waals surface area contributed by atoms with E-state index in [1.807, 2.05) is 19.1 Å². The van der Waals surface area contributed by atoms with E-state index in [1.54, 1.807) is 0 Å². The van der Waals surface area contributed by atoms with Crippen molar-refractivity contribution in [3.05, 3.63) is 27.7 Å². The van der Waals surface area contributed by atoms with Gasteiger partial charge >= 0.3 is 0 Å². The molecule has 3 N–H and O–H groups in total. The molecule has 0 atom stereocenters.